The summed E-state index contributed by atoms with van der Waals surface area (Å²) in [6.07, 6.45) is 2.67. The number of hydrogen-bond donors (Lipinski definition) is 1. The minimum absolute atomic E-state index is 0.100. The summed E-state index contributed by atoms with van der Waals surface area (Å²) in [6.45, 7) is 2.28. The molecule has 124 valence electrons. The maximum atomic E-state index is 12.6. The molecule has 2 heterocycles. The zero-order valence-corrected chi connectivity index (χ0v) is 14.8. The van der Waals surface area contributed by atoms with Crippen molar-refractivity contribution in [3.63, 3.8) is 0 Å². The maximum Gasteiger partial charge on any atom is 0.278 e. The average Bonchev–Trinajstić information content (AvgIpc) is 3.20. The van der Waals surface area contributed by atoms with Crippen molar-refractivity contribution in [1.29, 1.82) is 0 Å². The number of hydrogen-bond acceptors (Lipinski definition) is 5. The SMILES string of the molecule is CCOc1c(Br)cc(Cl)cc1NC(=O)c1ncoc1-c1ccco1. The van der Waals surface area contributed by atoms with Gasteiger partial charge in [0.15, 0.2) is 23.6 Å². The molecule has 0 aliphatic carbocycles. The molecule has 1 N–H and O–H groups in total. The summed E-state index contributed by atoms with van der Waals surface area (Å²) in [6, 6.07) is 6.66. The van der Waals surface area contributed by atoms with E-state index in [0.29, 0.717) is 33.3 Å². The highest BCUT2D eigenvalue weighted by molar-refractivity contribution is 9.10. The van der Waals surface area contributed by atoms with Crippen LogP contribution in [0, 0.1) is 0 Å². The Hall–Kier alpha value is -2.25. The summed E-state index contributed by atoms with van der Waals surface area (Å²) in [5, 5.41) is 3.19. The number of aromatic nitrogens is 1. The number of amides is 1. The van der Waals surface area contributed by atoms with Gasteiger partial charge in [-0.1, -0.05) is 11.6 Å². The third kappa shape index (κ3) is 3.32. The predicted octanol–water partition coefficient (Wildman–Crippen LogP) is 5.00. The summed E-state index contributed by atoms with van der Waals surface area (Å²) in [7, 11) is 0. The Morgan fingerprint density at radius 1 is 1.42 bits per heavy atom. The second-order valence-electron chi connectivity index (χ2n) is 4.66. The molecule has 0 aliphatic rings. The van der Waals surface area contributed by atoms with Gasteiger partial charge < -0.3 is 18.9 Å². The molecule has 0 unspecified atom stereocenters. The molecule has 8 heteroatoms. The standard InChI is InChI=1S/C16H12BrClN2O4/c1-2-22-14-10(17)6-9(18)7-11(14)20-16(21)13-15(24-8-19-13)12-4-3-5-23-12/h3-8H,2H2,1H3,(H,20,21). The van der Waals surface area contributed by atoms with Crippen LogP contribution in [-0.2, 0) is 0 Å². The Morgan fingerprint density at radius 3 is 2.96 bits per heavy atom. The molecular weight excluding hydrogens is 400 g/mol. The van der Waals surface area contributed by atoms with Gasteiger partial charge in [0.25, 0.3) is 5.91 Å². The number of nitrogens with one attached hydrogen (secondary N) is 1. The lowest BCUT2D eigenvalue weighted by Crippen LogP contribution is -2.14. The number of anilines is 1. The molecule has 0 atom stereocenters. The molecule has 6 nitrogen and oxygen atoms in total. The molecule has 0 bridgehead atoms. The van der Waals surface area contributed by atoms with Gasteiger partial charge in [-0.2, -0.15) is 0 Å². The second kappa shape index (κ2) is 7.11. The molecule has 0 spiro atoms. The molecule has 1 aromatic carbocycles. The fraction of sp³-hybridized carbons (Fsp3) is 0.125. The highest BCUT2D eigenvalue weighted by atomic mass is 79.9. The normalized spacial score (nSPS) is 10.6. The number of carbonyl (C=O) groups excluding carboxylic acids is 1. The quantitative estimate of drug-likeness (QED) is 0.639. The van der Waals surface area contributed by atoms with Gasteiger partial charge in [0.1, 0.15) is 0 Å². The predicted molar refractivity (Wildman–Crippen MR) is 92.5 cm³/mol. The number of oxazole rings is 1. The average molecular weight is 412 g/mol. The Morgan fingerprint density at radius 2 is 2.25 bits per heavy atom. The van der Waals surface area contributed by atoms with Gasteiger partial charge in [0.05, 0.1) is 23.0 Å². The van der Waals surface area contributed by atoms with Gasteiger partial charge in [-0.25, -0.2) is 4.98 Å². The Bertz CT molecular complexity index is 861. The minimum Gasteiger partial charge on any atom is -0.491 e. The fourth-order valence-corrected chi connectivity index (χ4v) is 3.04. The number of nitrogens with zero attached hydrogens (tertiary/aromatic N) is 1. The molecule has 0 aliphatic heterocycles. The molecule has 0 radical (unpaired) electrons. The van der Waals surface area contributed by atoms with E-state index in [2.05, 4.69) is 26.2 Å². The van der Waals surface area contributed by atoms with E-state index in [1.54, 1.807) is 24.3 Å². The van der Waals surface area contributed by atoms with Crippen molar-refractivity contribution < 1.29 is 18.4 Å². The first-order valence-electron chi connectivity index (χ1n) is 7.00. The van der Waals surface area contributed by atoms with Crippen molar-refractivity contribution >= 4 is 39.1 Å². The van der Waals surface area contributed by atoms with Gasteiger partial charge in [-0.05, 0) is 47.1 Å². The van der Waals surface area contributed by atoms with Crippen LogP contribution in [0.2, 0.25) is 5.02 Å². The minimum atomic E-state index is -0.467. The van der Waals surface area contributed by atoms with Crippen LogP contribution in [-0.4, -0.2) is 17.5 Å². The topological polar surface area (TPSA) is 77.5 Å². The third-order valence-corrected chi connectivity index (χ3v) is 3.88. The Labute approximate surface area is 150 Å². The summed E-state index contributed by atoms with van der Waals surface area (Å²) >= 11 is 9.43. The van der Waals surface area contributed by atoms with E-state index < -0.39 is 5.91 Å². The zero-order valence-electron chi connectivity index (χ0n) is 12.5. The molecule has 3 aromatic rings. The van der Waals surface area contributed by atoms with Gasteiger partial charge in [-0.15, -0.1) is 0 Å². The second-order valence-corrected chi connectivity index (χ2v) is 5.95. The largest absolute Gasteiger partial charge is 0.491 e. The Balaban J connectivity index is 1.93. The fourth-order valence-electron chi connectivity index (χ4n) is 2.12. The van der Waals surface area contributed by atoms with Gasteiger partial charge in [0.2, 0.25) is 5.76 Å². The lowest BCUT2D eigenvalue weighted by atomic mass is 10.2. The van der Waals surface area contributed by atoms with Crippen molar-refractivity contribution in [2.24, 2.45) is 0 Å². The highest BCUT2D eigenvalue weighted by Gasteiger charge is 2.22. The third-order valence-electron chi connectivity index (χ3n) is 3.07. The molecule has 24 heavy (non-hydrogen) atoms. The van der Waals surface area contributed by atoms with Gasteiger partial charge in [-0.3, -0.25) is 4.79 Å². The van der Waals surface area contributed by atoms with Crippen LogP contribution in [0.3, 0.4) is 0 Å². The zero-order chi connectivity index (χ0) is 17.1. The molecule has 1 amide bonds. The van der Waals surface area contributed by atoms with Gasteiger partial charge in [0, 0.05) is 5.02 Å². The number of halogens is 2. The van der Waals surface area contributed by atoms with E-state index in [1.807, 2.05) is 6.92 Å². The van der Waals surface area contributed by atoms with Gasteiger partial charge >= 0.3 is 0 Å². The smallest absolute Gasteiger partial charge is 0.278 e. The molecule has 3 rings (SSSR count). The number of ether oxygens (including phenoxy) is 1. The summed E-state index contributed by atoms with van der Waals surface area (Å²) in [5.74, 6) is 0.676. The van der Waals surface area contributed by atoms with Crippen molar-refractivity contribution in [3.05, 3.63) is 52.1 Å². The first kappa shape index (κ1) is 16.6. The van der Waals surface area contributed by atoms with Crippen LogP contribution in [0.5, 0.6) is 5.75 Å². The summed E-state index contributed by atoms with van der Waals surface area (Å²) in [4.78, 5) is 16.5. The highest BCUT2D eigenvalue weighted by Crippen LogP contribution is 2.37. The van der Waals surface area contributed by atoms with Crippen molar-refractivity contribution in [1.82, 2.24) is 4.98 Å². The molecular formula is C16H12BrClN2O4. The summed E-state index contributed by atoms with van der Waals surface area (Å²) < 4.78 is 16.7. The van der Waals surface area contributed by atoms with Crippen LogP contribution in [0.4, 0.5) is 5.69 Å². The van der Waals surface area contributed by atoms with E-state index in [9.17, 15) is 4.79 Å². The first-order valence-corrected chi connectivity index (χ1v) is 8.17. The van der Waals surface area contributed by atoms with Crippen LogP contribution in [0.1, 0.15) is 17.4 Å². The van der Waals surface area contributed by atoms with Crippen LogP contribution in [0.15, 0.2) is 50.2 Å². The summed E-state index contributed by atoms with van der Waals surface area (Å²) in [5.41, 5.74) is 0.526. The van der Waals surface area contributed by atoms with E-state index in [-0.39, 0.29) is 11.5 Å². The maximum absolute atomic E-state index is 12.6. The number of carbonyl (C=O) groups is 1. The van der Waals surface area contributed by atoms with Crippen LogP contribution in [0.25, 0.3) is 11.5 Å². The molecule has 0 saturated carbocycles. The lowest BCUT2D eigenvalue weighted by Gasteiger charge is -2.13. The van der Waals surface area contributed by atoms with E-state index in [4.69, 9.17) is 25.2 Å². The number of furan rings is 1. The molecule has 0 fully saturated rings. The van der Waals surface area contributed by atoms with Crippen LogP contribution < -0.4 is 10.1 Å². The molecule has 2 aromatic heterocycles. The Kier molecular flexibility index (Phi) is 4.92. The van der Waals surface area contributed by atoms with E-state index in [1.165, 1.54) is 12.7 Å². The van der Waals surface area contributed by atoms with Crippen molar-refractivity contribution in [3.8, 4) is 17.3 Å². The monoisotopic (exact) mass is 410 g/mol. The van der Waals surface area contributed by atoms with E-state index in [0.717, 1.165) is 0 Å². The number of rotatable bonds is 5. The molecule has 0 saturated heterocycles. The first-order chi connectivity index (χ1) is 11.6. The van der Waals surface area contributed by atoms with Crippen molar-refractivity contribution in [2.45, 2.75) is 6.92 Å². The van der Waals surface area contributed by atoms with E-state index >= 15 is 0 Å². The van der Waals surface area contributed by atoms with Crippen molar-refractivity contribution in [2.75, 3.05) is 11.9 Å². The van der Waals surface area contributed by atoms with Crippen LogP contribution >= 0.6 is 27.5 Å². The lowest BCUT2D eigenvalue weighted by molar-refractivity contribution is 0.102. The number of benzene rings is 1.